The molecule has 3 aromatic rings. The molecule has 0 aliphatic carbocycles. The van der Waals surface area contributed by atoms with Crippen LogP contribution >= 0.6 is 11.6 Å². The Kier molecular flexibility index (Phi) is 7.97. The van der Waals surface area contributed by atoms with Crippen LogP contribution in [0.2, 0.25) is 5.02 Å². The van der Waals surface area contributed by atoms with Crippen molar-refractivity contribution in [3.63, 3.8) is 0 Å². The molecule has 3 amide bonds. The van der Waals surface area contributed by atoms with E-state index in [4.69, 9.17) is 11.6 Å². The van der Waals surface area contributed by atoms with Crippen molar-refractivity contribution in [1.29, 1.82) is 0 Å². The monoisotopic (exact) mass is 532 g/mol. The Balaban J connectivity index is 1.75. The fourth-order valence-electron chi connectivity index (χ4n) is 4.21. The second-order valence-corrected chi connectivity index (χ2v) is 9.07. The Morgan fingerprint density at radius 2 is 1.58 bits per heavy atom. The molecule has 4 rings (SSSR count). The predicted octanol–water partition coefficient (Wildman–Crippen LogP) is 4.22. The van der Waals surface area contributed by atoms with Gasteiger partial charge in [0.2, 0.25) is 5.91 Å². The lowest BCUT2D eigenvalue weighted by molar-refractivity contribution is -0.127. The van der Waals surface area contributed by atoms with E-state index in [1.54, 1.807) is 48.5 Å². The molecule has 196 valence electrons. The number of nitrogens with zero attached hydrogens (tertiary/aromatic N) is 3. The third-order valence-electron chi connectivity index (χ3n) is 6.10. The van der Waals surface area contributed by atoms with Crippen molar-refractivity contribution in [3.8, 4) is 0 Å². The second-order valence-electron chi connectivity index (χ2n) is 8.64. The number of anilines is 3. The first-order valence-electron chi connectivity index (χ1n) is 12.2. The number of rotatable bonds is 8. The number of hydrazone groups is 1. The van der Waals surface area contributed by atoms with Gasteiger partial charge in [0.25, 0.3) is 11.6 Å². The maximum Gasteiger partial charge on any atom is 0.302 e. The van der Waals surface area contributed by atoms with Gasteiger partial charge < -0.3 is 20.9 Å². The van der Waals surface area contributed by atoms with Crippen LogP contribution in [-0.4, -0.2) is 42.3 Å². The molecule has 1 heterocycles. The van der Waals surface area contributed by atoms with Crippen molar-refractivity contribution in [3.05, 3.63) is 89.4 Å². The lowest BCUT2D eigenvalue weighted by atomic mass is 10.1. The van der Waals surface area contributed by atoms with E-state index in [-0.39, 0.29) is 5.84 Å². The smallest absolute Gasteiger partial charge is 0.302 e. The summed E-state index contributed by atoms with van der Waals surface area (Å²) in [5.41, 5.74) is 0.472. The van der Waals surface area contributed by atoms with Crippen molar-refractivity contribution in [1.82, 2.24) is 10.6 Å². The van der Waals surface area contributed by atoms with Gasteiger partial charge >= 0.3 is 5.91 Å². The summed E-state index contributed by atoms with van der Waals surface area (Å²) < 4.78 is 0. The van der Waals surface area contributed by atoms with Crippen LogP contribution in [-0.2, 0) is 9.59 Å². The van der Waals surface area contributed by atoms with E-state index in [0.29, 0.717) is 22.0 Å². The molecular formula is C28H29ClN6O3. The molecule has 0 saturated carbocycles. The number of nitrogens with one attached hydrogen (secondary N) is 3. The van der Waals surface area contributed by atoms with Gasteiger partial charge in [-0.2, -0.15) is 5.01 Å². The van der Waals surface area contributed by atoms with E-state index in [9.17, 15) is 14.4 Å². The number of amides is 3. The Bertz CT molecular complexity index is 1340. The standard InChI is InChI=1S/C28H29ClN6O3/c1-4-34(5-2)23-17-15-22(16-18-23)32-28(31-19(3)36)26(30-25(37)20-11-13-21(29)14-12-20)33-35(27(28)38)24-9-7-6-8-10-24/h6-18,32H,4-5H2,1-3H3,(H,31,36)(H,30,33,37). The highest BCUT2D eigenvalue weighted by Crippen LogP contribution is 2.29. The Morgan fingerprint density at radius 3 is 2.16 bits per heavy atom. The summed E-state index contributed by atoms with van der Waals surface area (Å²) in [6.07, 6.45) is 0. The highest BCUT2D eigenvalue weighted by atomic mass is 35.5. The number of para-hydroxylation sites is 1. The first kappa shape index (κ1) is 26.7. The minimum Gasteiger partial charge on any atom is -0.372 e. The molecule has 0 spiro atoms. The van der Waals surface area contributed by atoms with Crippen LogP contribution in [0.3, 0.4) is 0 Å². The molecular weight excluding hydrogens is 504 g/mol. The Labute approximate surface area is 226 Å². The molecule has 1 atom stereocenters. The van der Waals surface area contributed by atoms with E-state index in [0.717, 1.165) is 23.8 Å². The summed E-state index contributed by atoms with van der Waals surface area (Å²) in [5.74, 6) is -1.67. The number of benzene rings is 3. The van der Waals surface area contributed by atoms with Crippen LogP contribution in [0.5, 0.6) is 0 Å². The number of hydrogen-bond acceptors (Lipinski definition) is 6. The fraction of sp³-hybridized carbons (Fsp3) is 0.214. The molecule has 0 bridgehead atoms. The predicted molar refractivity (Wildman–Crippen MR) is 150 cm³/mol. The topological polar surface area (TPSA) is 106 Å². The van der Waals surface area contributed by atoms with Crippen molar-refractivity contribution < 1.29 is 14.4 Å². The van der Waals surface area contributed by atoms with E-state index in [1.807, 2.05) is 30.3 Å². The van der Waals surface area contributed by atoms with Crippen molar-refractivity contribution >= 4 is 52.2 Å². The normalized spacial score (nSPS) is 16.6. The van der Waals surface area contributed by atoms with Gasteiger partial charge in [0.1, 0.15) is 0 Å². The first-order chi connectivity index (χ1) is 18.3. The second kappa shape index (κ2) is 11.4. The zero-order valence-corrected chi connectivity index (χ0v) is 22.1. The van der Waals surface area contributed by atoms with Gasteiger partial charge in [-0.15, -0.1) is 5.10 Å². The molecule has 10 heteroatoms. The lowest BCUT2D eigenvalue weighted by Gasteiger charge is -2.31. The zero-order chi connectivity index (χ0) is 27.3. The first-order valence-corrected chi connectivity index (χ1v) is 12.6. The van der Waals surface area contributed by atoms with Crippen LogP contribution in [0.4, 0.5) is 17.1 Å². The highest BCUT2D eigenvalue weighted by Gasteiger charge is 2.54. The van der Waals surface area contributed by atoms with Gasteiger partial charge in [0.15, 0.2) is 5.84 Å². The number of amidine groups is 1. The van der Waals surface area contributed by atoms with Gasteiger partial charge in [-0.1, -0.05) is 29.8 Å². The Hall–Kier alpha value is -4.37. The molecule has 38 heavy (non-hydrogen) atoms. The summed E-state index contributed by atoms with van der Waals surface area (Å²) in [6, 6.07) is 22.5. The van der Waals surface area contributed by atoms with Gasteiger partial charge in [-0.05, 0) is 74.5 Å². The van der Waals surface area contributed by atoms with Gasteiger partial charge in [-0.25, -0.2) is 0 Å². The number of hydrogen-bond donors (Lipinski definition) is 3. The molecule has 0 aromatic heterocycles. The number of carbonyl (C=O) groups is 3. The van der Waals surface area contributed by atoms with Gasteiger partial charge in [-0.3, -0.25) is 14.4 Å². The van der Waals surface area contributed by atoms with Crippen LogP contribution in [0.1, 0.15) is 31.1 Å². The SMILES string of the molecule is CCN(CC)c1ccc(NC2(NC(C)=O)C(=O)N(c3ccccc3)N=C2NC(=O)c2ccc(Cl)cc2)cc1. The van der Waals surface area contributed by atoms with Crippen LogP contribution in [0, 0.1) is 0 Å². The molecule has 3 aromatic carbocycles. The van der Waals surface area contributed by atoms with E-state index in [2.05, 4.69) is 39.8 Å². The van der Waals surface area contributed by atoms with Crippen molar-refractivity contribution in [2.75, 3.05) is 28.3 Å². The molecule has 0 radical (unpaired) electrons. The van der Waals surface area contributed by atoms with Crippen molar-refractivity contribution in [2.45, 2.75) is 26.4 Å². The average Bonchev–Trinajstić information content (AvgIpc) is 3.16. The highest BCUT2D eigenvalue weighted by molar-refractivity contribution is 6.31. The maximum absolute atomic E-state index is 14.0. The quantitative estimate of drug-likeness (QED) is 0.377. The summed E-state index contributed by atoms with van der Waals surface area (Å²) in [7, 11) is 0. The minimum absolute atomic E-state index is 0.0747. The molecule has 9 nitrogen and oxygen atoms in total. The summed E-state index contributed by atoms with van der Waals surface area (Å²) in [4.78, 5) is 41.7. The molecule has 1 aliphatic rings. The van der Waals surface area contributed by atoms with Gasteiger partial charge in [0.05, 0.1) is 5.69 Å². The average molecular weight is 533 g/mol. The molecule has 0 saturated heterocycles. The number of carbonyl (C=O) groups excluding carboxylic acids is 3. The minimum atomic E-state index is -1.87. The third-order valence-corrected chi connectivity index (χ3v) is 6.35. The summed E-state index contributed by atoms with van der Waals surface area (Å²) >= 11 is 5.97. The largest absolute Gasteiger partial charge is 0.372 e. The van der Waals surface area contributed by atoms with Crippen LogP contribution in [0.15, 0.2) is 84.0 Å². The van der Waals surface area contributed by atoms with E-state index in [1.165, 1.54) is 6.92 Å². The molecule has 1 aliphatic heterocycles. The summed E-state index contributed by atoms with van der Waals surface area (Å²) in [5, 5.41) is 14.7. The summed E-state index contributed by atoms with van der Waals surface area (Å²) in [6.45, 7) is 7.13. The maximum atomic E-state index is 14.0. The van der Waals surface area contributed by atoms with E-state index < -0.39 is 23.4 Å². The third kappa shape index (κ3) is 5.47. The number of halogens is 1. The lowest BCUT2D eigenvalue weighted by Crippen LogP contribution is -2.67. The van der Waals surface area contributed by atoms with Crippen LogP contribution < -0.4 is 25.9 Å². The van der Waals surface area contributed by atoms with Gasteiger partial charge in [0, 0.05) is 42.0 Å². The van der Waals surface area contributed by atoms with E-state index >= 15 is 0 Å². The molecule has 3 N–H and O–H groups in total. The molecule has 0 fully saturated rings. The van der Waals surface area contributed by atoms with Crippen LogP contribution in [0.25, 0.3) is 0 Å². The fourth-order valence-corrected chi connectivity index (χ4v) is 4.33. The Morgan fingerprint density at radius 1 is 0.947 bits per heavy atom. The zero-order valence-electron chi connectivity index (χ0n) is 21.4. The molecule has 1 unspecified atom stereocenters. The van der Waals surface area contributed by atoms with Crippen molar-refractivity contribution in [2.24, 2.45) is 5.10 Å².